The number of para-hydroxylation sites is 2. The maximum Gasteiger partial charge on any atom is 0.266 e. The molecule has 100 valence electrons. The van der Waals surface area contributed by atoms with Gasteiger partial charge in [-0.3, -0.25) is 10.2 Å². The fourth-order valence-electron chi connectivity index (χ4n) is 1.97. The van der Waals surface area contributed by atoms with Crippen LogP contribution in [0.15, 0.2) is 65.7 Å². The van der Waals surface area contributed by atoms with Gasteiger partial charge < -0.3 is 0 Å². The first-order chi connectivity index (χ1) is 9.75. The lowest BCUT2D eigenvalue weighted by atomic mass is 10.3. The Balaban J connectivity index is 1.90. The zero-order valence-electron chi connectivity index (χ0n) is 10.6. The molecule has 20 heavy (non-hydrogen) atoms. The number of aliphatic imine (C=N–C) groups is 1. The average Bonchev–Trinajstić information content (AvgIpc) is 2.78. The zero-order valence-corrected chi connectivity index (χ0v) is 11.5. The molecule has 4 nitrogen and oxygen atoms in total. The van der Waals surface area contributed by atoms with Gasteiger partial charge in [0.2, 0.25) is 0 Å². The molecule has 0 aromatic heterocycles. The third-order valence-corrected chi connectivity index (χ3v) is 3.43. The smallest absolute Gasteiger partial charge is 0.266 e. The molecule has 1 aliphatic heterocycles. The molecule has 0 radical (unpaired) electrons. The van der Waals surface area contributed by atoms with E-state index in [0.717, 1.165) is 11.4 Å². The van der Waals surface area contributed by atoms with Crippen molar-refractivity contribution in [1.29, 1.82) is 0 Å². The Morgan fingerprint density at radius 1 is 1.00 bits per heavy atom. The Kier molecular flexibility index (Phi) is 3.43. The number of carbonyl (C=O) groups is 1. The lowest BCUT2D eigenvalue weighted by Gasteiger charge is -2.15. The first-order valence-corrected chi connectivity index (χ1v) is 6.75. The summed E-state index contributed by atoms with van der Waals surface area (Å²) in [6.45, 7) is 0. The molecule has 0 spiro atoms. The van der Waals surface area contributed by atoms with Gasteiger partial charge in [0.15, 0.2) is 0 Å². The summed E-state index contributed by atoms with van der Waals surface area (Å²) >= 11 is 4.34. The van der Waals surface area contributed by atoms with Crippen LogP contribution in [0.1, 0.15) is 0 Å². The van der Waals surface area contributed by atoms with E-state index in [0.29, 0.717) is 5.84 Å². The molecule has 2 aromatic carbocycles. The van der Waals surface area contributed by atoms with Gasteiger partial charge in [-0.15, -0.1) is 0 Å². The summed E-state index contributed by atoms with van der Waals surface area (Å²) in [6.07, 6.45) is 0. The Hall–Kier alpha value is -2.27. The number of thiol groups is 1. The number of carbonyl (C=O) groups excluding carboxylic acids is 1. The van der Waals surface area contributed by atoms with E-state index < -0.39 is 5.25 Å². The third kappa shape index (κ3) is 2.40. The summed E-state index contributed by atoms with van der Waals surface area (Å²) in [5.74, 6) is 0.405. The molecule has 0 aliphatic carbocycles. The van der Waals surface area contributed by atoms with Gasteiger partial charge in [-0.05, 0) is 24.3 Å². The molecule has 1 heterocycles. The Bertz CT molecular complexity index is 643. The van der Waals surface area contributed by atoms with E-state index >= 15 is 0 Å². The second-order valence-corrected chi connectivity index (χ2v) is 4.87. The van der Waals surface area contributed by atoms with Crippen LogP contribution in [0.5, 0.6) is 0 Å². The highest BCUT2D eigenvalue weighted by molar-refractivity contribution is 7.82. The van der Waals surface area contributed by atoms with Crippen LogP contribution >= 0.6 is 12.6 Å². The van der Waals surface area contributed by atoms with Crippen LogP contribution in [-0.2, 0) is 4.79 Å². The monoisotopic (exact) mass is 283 g/mol. The number of hydrogen-bond acceptors (Lipinski definition) is 3. The van der Waals surface area contributed by atoms with Crippen LogP contribution in [0.25, 0.3) is 0 Å². The molecule has 5 heteroatoms. The van der Waals surface area contributed by atoms with Crippen LogP contribution in [-0.4, -0.2) is 17.0 Å². The minimum absolute atomic E-state index is 0.130. The molecule has 1 saturated heterocycles. The number of anilines is 1. The van der Waals surface area contributed by atoms with Crippen LogP contribution in [0.2, 0.25) is 0 Å². The fraction of sp³-hybridized carbons (Fsp3) is 0.0667. The highest BCUT2D eigenvalue weighted by atomic mass is 32.1. The van der Waals surface area contributed by atoms with Crippen LogP contribution < -0.4 is 10.4 Å². The van der Waals surface area contributed by atoms with E-state index in [1.807, 2.05) is 60.7 Å². The van der Waals surface area contributed by atoms with Crippen LogP contribution in [0.4, 0.5) is 11.4 Å². The maximum absolute atomic E-state index is 12.2. The summed E-state index contributed by atoms with van der Waals surface area (Å²) in [7, 11) is 0. The van der Waals surface area contributed by atoms with E-state index in [2.05, 4.69) is 23.0 Å². The summed E-state index contributed by atoms with van der Waals surface area (Å²) in [4.78, 5) is 16.6. The minimum atomic E-state index is -0.574. The van der Waals surface area contributed by atoms with Crippen LogP contribution in [0, 0.1) is 0 Å². The Labute approximate surface area is 122 Å². The number of nitrogens with zero attached hydrogens (tertiary/aromatic N) is 2. The average molecular weight is 283 g/mol. The lowest BCUT2D eigenvalue weighted by Crippen LogP contribution is -2.35. The van der Waals surface area contributed by atoms with Gasteiger partial charge in [0.25, 0.3) is 5.91 Å². The molecular formula is C15H13N3OS. The van der Waals surface area contributed by atoms with Gasteiger partial charge in [0, 0.05) is 0 Å². The summed E-state index contributed by atoms with van der Waals surface area (Å²) in [6, 6.07) is 18.9. The summed E-state index contributed by atoms with van der Waals surface area (Å²) in [5, 5.41) is 0.898. The molecule has 1 aliphatic rings. The highest BCUT2D eigenvalue weighted by Crippen LogP contribution is 2.21. The first-order valence-electron chi connectivity index (χ1n) is 6.23. The van der Waals surface area contributed by atoms with E-state index in [1.54, 1.807) is 0 Å². The maximum atomic E-state index is 12.2. The number of amides is 1. The minimum Gasteiger partial charge on any atom is -0.277 e. The van der Waals surface area contributed by atoms with Crippen molar-refractivity contribution in [2.45, 2.75) is 5.25 Å². The van der Waals surface area contributed by atoms with E-state index in [9.17, 15) is 4.79 Å². The van der Waals surface area contributed by atoms with E-state index in [-0.39, 0.29) is 5.91 Å². The second kappa shape index (κ2) is 5.38. The molecule has 0 bridgehead atoms. The van der Waals surface area contributed by atoms with Gasteiger partial charge in [-0.25, -0.2) is 10.0 Å². The Morgan fingerprint density at radius 2 is 1.60 bits per heavy atom. The van der Waals surface area contributed by atoms with Crippen LogP contribution in [0.3, 0.4) is 0 Å². The number of hydrazine groups is 1. The molecule has 1 amide bonds. The molecular weight excluding hydrogens is 270 g/mol. The molecule has 0 saturated carbocycles. The largest absolute Gasteiger partial charge is 0.277 e. The van der Waals surface area contributed by atoms with Crippen molar-refractivity contribution in [2.24, 2.45) is 4.99 Å². The summed E-state index contributed by atoms with van der Waals surface area (Å²) < 4.78 is 0. The lowest BCUT2D eigenvalue weighted by molar-refractivity contribution is -0.116. The van der Waals surface area contributed by atoms with Crippen molar-refractivity contribution in [2.75, 3.05) is 5.01 Å². The van der Waals surface area contributed by atoms with Gasteiger partial charge in [0.1, 0.15) is 11.1 Å². The molecule has 1 fully saturated rings. The number of hydrogen-bond donors (Lipinski definition) is 2. The topological polar surface area (TPSA) is 44.7 Å². The summed E-state index contributed by atoms with van der Waals surface area (Å²) in [5.41, 5.74) is 4.57. The zero-order chi connectivity index (χ0) is 13.9. The standard InChI is InChI=1S/C15H13N3OS/c19-15-13(20)14(16-11-7-3-1-4-8-11)17-18(15)12-9-5-2-6-10-12/h1-10,13,20H,(H,16,17). The van der Waals surface area contributed by atoms with Crippen molar-refractivity contribution < 1.29 is 4.79 Å². The predicted octanol–water partition coefficient (Wildman–Crippen LogP) is 2.57. The molecule has 3 rings (SSSR count). The van der Waals surface area contributed by atoms with Crippen molar-refractivity contribution in [3.8, 4) is 0 Å². The molecule has 1 unspecified atom stereocenters. The second-order valence-electron chi connectivity index (χ2n) is 4.36. The first kappa shape index (κ1) is 12.7. The molecule has 1 atom stereocenters. The van der Waals surface area contributed by atoms with Crippen molar-refractivity contribution in [3.63, 3.8) is 0 Å². The SMILES string of the molecule is O=C1C(S)C(=Nc2ccccc2)NN1c1ccccc1. The van der Waals surface area contributed by atoms with Crippen molar-refractivity contribution in [1.82, 2.24) is 5.43 Å². The third-order valence-electron chi connectivity index (χ3n) is 2.96. The van der Waals surface area contributed by atoms with Gasteiger partial charge in [0.05, 0.1) is 11.4 Å². The molecule has 2 aromatic rings. The number of benzene rings is 2. The normalized spacial score (nSPS) is 20.2. The Morgan fingerprint density at radius 3 is 2.25 bits per heavy atom. The fourth-order valence-corrected chi connectivity index (χ4v) is 2.20. The number of amidine groups is 1. The highest BCUT2D eigenvalue weighted by Gasteiger charge is 2.35. The van der Waals surface area contributed by atoms with E-state index in [1.165, 1.54) is 5.01 Å². The van der Waals surface area contributed by atoms with Gasteiger partial charge >= 0.3 is 0 Å². The van der Waals surface area contributed by atoms with E-state index in [4.69, 9.17) is 0 Å². The van der Waals surface area contributed by atoms with Crippen molar-refractivity contribution in [3.05, 3.63) is 60.7 Å². The van der Waals surface area contributed by atoms with Gasteiger partial charge in [-0.1, -0.05) is 36.4 Å². The van der Waals surface area contributed by atoms with Crippen molar-refractivity contribution >= 4 is 35.7 Å². The predicted molar refractivity (Wildman–Crippen MR) is 83.4 cm³/mol. The number of rotatable bonds is 2. The number of nitrogens with one attached hydrogen (secondary N) is 1. The quantitative estimate of drug-likeness (QED) is 0.832. The van der Waals surface area contributed by atoms with Gasteiger partial charge in [-0.2, -0.15) is 12.6 Å². The molecule has 1 N–H and O–H groups in total.